The average Bonchev–Trinajstić information content (AvgIpc) is 2.43. The van der Waals surface area contributed by atoms with E-state index in [1.807, 2.05) is 26.0 Å². The molecule has 0 saturated heterocycles. The van der Waals surface area contributed by atoms with E-state index >= 15 is 0 Å². The van der Waals surface area contributed by atoms with Crippen LogP contribution in [0.15, 0.2) is 12.1 Å². The molecule has 3 heteroatoms. The third-order valence-corrected chi connectivity index (χ3v) is 4.71. The predicted molar refractivity (Wildman–Crippen MR) is 95.2 cm³/mol. The summed E-state index contributed by atoms with van der Waals surface area (Å²) >= 11 is 0. The molecule has 0 spiro atoms. The van der Waals surface area contributed by atoms with Crippen molar-refractivity contribution in [2.45, 2.75) is 78.1 Å². The number of esters is 1. The van der Waals surface area contributed by atoms with E-state index in [4.69, 9.17) is 4.74 Å². The van der Waals surface area contributed by atoms with Crippen LogP contribution in [0.5, 0.6) is 5.75 Å². The van der Waals surface area contributed by atoms with Gasteiger partial charge in [-0.3, -0.25) is 4.79 Å². The van der Waals surface area contributed by atoms with Crippen LogP contribution in [-0.4, -0.2) is 18.2 Å². The minimum Gasteiger partial charge on any atom is -0.507 e. The fraction of sp³-hybridized carbons (Fsp3) is 0.650. The quantitative estimate of drug-likeness (QED) is 0.812. The number of rotatable bonds is 3. The van der Waals surface area contributed by atoms with Gasteiger partial charge < -0.3 is 9.84 Å². The van der Waals surface area contributed by atoms with E-state index in [1.165, 1.54) is 7.11 Å². The standard InChI is InChI=1S/C20H32O3/c1-10-20(8,17(22)23-9)13-11-14(18(2,3)4)16(21)15(12-13)19(5,6)7/h11-12,21H,10H2,1-9H3. The normalized spacial score (nSPS) is 15.2. The van der Waals surface area contributed by atoms with Crippen molar-refractivity contribution in [3.05, 3.63) is 28.8 Å². The van der Waals surface area contributed by atoms with E-state index in [0.717, 1.165) is 16.7 Å². The maximum Gasteiger partial charge on any atom is 0.315 e. The van der Waals surface area contributed by atoms with Crippen molar-refractivity contribution < 1.29 is 14.6 Å². The van der Waals surface area contributed by atoms with Crippen LogP contribution in [0.1, 0.15) is 78.5 Å². The number of hydrogen-bond acceptors (Lipinski definition) is 3. The lowest BCUT2D eigenvalue weighted by Crippen LogP contribution is -2.34. The fourth-order valence-corrected chi connectivity index (χ4v) is 2.79. The second kappa shape index (κ2) is 6.18. The maximum atomic E-state index is 12.4. The van der Waals surface area contributed by atoms with E-state index in [1.54, 1.807) is 0 Å². The number of carbonyl (C=O) groups excluding carboxylic acids is 1. The first-order chi connectivity index (χ1) is 10.3. The Hall–Kier alpha value is -1.51. The summed E-state index contributed by atoms with van der Waals surface area (Å²) < 4.78 is 5.04. The van der Waals surface area contributed by atoms with Gasteiger partial charge >= 0.3 is 5.97 Å². The molecule has 0 amide bonds. The molecule has 130 valence electrons. The number of phenols is 1. The molecule has 1 aromatic carbocycles. The number of ether oxygens (including phenoxy) is 1. The van der Waals surface area contributed by atoms with E-state index in [-0.39, 0.29) is 16.8 Å². The summed E-state index contributed by atoms with van der Waals surface area (Å²) in [5.41, 5.74) is 1.48. The molecule has 1 aromatic rings. The molecule has 23 heavy (non-hydrogen) atoms. The number of carbonyl (C=O) groups is 1. The van der Waals surface area contributed by atoms with Crippen LogP contribution >= 0.6 is 0 Å². The number of benzene rings is 1. The van der Waals surface area contributed by atoms with Crippen molar-refractivity contribution >= 4 is 5.97 Å². The van der Waals surface area contributed by atoms with Crippen molar-refractivity contribution in [3.63, 3.8) is 0 Å². The Labute approximate surface area is 141 Å². The second-order valence-corrected chi connectivity index (χ2v) is 8.60. The van der Waals surface area contributed by atoms with Crippen LogP contribution in [-0.2, 0) is 25.8 Å². The SMILES string of the molecule is CCC(C)(C(=O)OC)c1cc(C(C)(C)C)c(O)c(C(C)(C)C)c1. The second-order valence-electron chi connectivity index (χ2n) is 8.60. The highest BCUT2D eigenvalue weighted by Crippen LogP contribution is 2.43. The predicted octanol–water partition coefficient (Wildman–Crippen LogP) is 4.83. The molecule has 0 saturated carbocycles. The minimum absolute atomic E-state index is 0.217. The zero-order valence-corrected chi connectivity index (χ0v) is 16.1. The number of aromatic hydroxyl groups is 1. The lowest BCUT2D eigenvalue weighted by atomic mass is 9.72. The zero-order valence-electron chi connectivity index (χ0n) is 16.1. The van der Waals surface area contributed by atoms with Crippen molar-refractivity contribution in [2.75, 3.05) is 7.11 Å². The summed E-state index contributed by atoms with van der Waals surface area (Å²) in [7, 11) is 1.42. The zero-order chi connectivity index (χ0) is 18.2. The molecular weight excluding hydrogens is 288 g/mol. The molecule has 0 heterocycles. The first-order valence-corrected chi connectivity index (χ1v) is 8.26. The third-order valence-electron chi connectivity index (χ3n) is 4.71. The van der Waals surface area contributed by atoms with Crippen molar-refractivity contribution in [1.82, 2.24) is 0 Å². The van der Waals surface area contributed by atoms with E-state index in [9.17, 15) is 9.90 Å². The number of hydrogen-bond donors (Lipinski definition) is 1. The van der Waals surface area contributed by atoms with Crippen molar-refractivity contribution in [1.29, 1.82) is 0 Å². The minimum atomic E-state index is -0.720. The van der Waals surface area contributed by atoms with Crippen LogP contribution in [0.4, 0.5) is 0 Å². The molecule has 0 aliphatic carbocycles. The summed E-state index contributed by atoms with van der Waals surface area (Å²) in [5.74, 6) is 0.0856. The Morgan fingerprint density at radius 3 is 1.65 bits per heavy atom. The highest BCUT2D eigenvalue weighted by atomic mass is 16.5. The van der Waals surface area contributed by atoms with Gasteiger partial charge in [0.05, 0.1) is 12.5 Å². The van der Waals surface area contributed by atoms with Gasteiger partial charge in [-0.25, -0.2) is 0 Å². The molecule has 1 rings (SSSR count). The fourth-order valence-electron chi connectivity index (χ4n) is 2.79. The van der Waals surface area contributed by atoms with Gasteiger partial charge in [0, 0.05) is 0 Å². The number of methoxy groups -OCH3 is 1. The molecule has 0 aromatic heterocycles. The lowest BCUT2D eigenvalue weighted by molar-refractivity contribution is -0.147. The molecule has 3 nitrogen and oxygen atoms in total. The van der Waals surface area contributed by atoms with Crippen molar-refractivity contribution in [2.24, 2.45) is 0 Å². The Kier molecular flexibility index (Phi) is 5.25. The largest absolute Gasteiger partial charge is 0.507 e. The topological polar surface area (TPSA) is 46.5 Å². The monoisotopic (exact) mass is 320 g/mol. The molecule has 0 bridgehead atoms. The van der Waals surface area contributed by atoms with E-state index in [0.29, 0.717) is 12.2 Å². The van der Waals surface area contributed by atoms with Gasteiger partial charge in [-0.05, 0) is 40.9 Å². The Balaban J connectivity index is 3.79. The lowest BCUT2D eigenvalue weighted by Gasteiger charge is -2.32. The third kappa shape index (κ3) is 3.70. The summed E-state index contributed by atoms with van der Waals surface area (Å²) in [6.07, 6.45) is 0.637. The Morgan fingerprint density at radius 1 is 1.00 bits per heavy atom. The van der Waals surface area contributed by atoms with Gasteiger partial charge in [0.1, 0.15) is 5.75 Å². The Bertz CT molecular complexity index is 553. The van der Waals surface area contributed by atoms with Gasteiger partial charge in [0.2, 0.25) is 0 Å². The Morgan fingerprint density at radius 2 is 1.39 bits per heavy atom. The van der Waals surface area contributed by atoms with Gasteiger partial charge in [-0.2, -0.15) is 0 Å². The van der Waals surface area contributed by atoms with Crippen LogP contribution in [0, 0.1) is 0 Å². The average molecular weight is 320 g/mol. The van der Waals surface area contributed by atoms with Crippen LogP contribution in [0.3, 0.4) is 0 Å². The van der Waals surface area contributed by atoms with E-state index < -0.39 is 5.41 Å². The summed E-state index contributed by atoms with van der Waals surface area (Å²) in [4.78, 5) is 12.4. The van der Waals surface area contributed by atoms with Crippen LogP contribution in [0.25, 0.3) is 0 Å². The molecule has 0 radical (unpaired) electrons. The summed E-state index contributed by atoms with van der Waals surface area (Å²) in [6, 6.07) is 3.93. The highest BCUT2D eigenvalue weighted by Gasteiger charge is 2.37. The molecule has 1 atom stereocenters. The molecule has 0 aliphatic rings. The van der Waals surface area contributed by atoms with Crippen molar-refractivity contribution in [3.8, 4) is 5.75 Å². The van der Waals surface area contributed by atoms with Crippen LogP contribution in [0.2, 0.25) is 0 Å². The molecular formula is C20H32O3. The van der Waals surface area contributed by atoms with E-state index in [2.05, 4.69) is 41.5 Å². The van der Waals surface area contributed by atoms with Gasteiger partial charge in [-0.15, -0.1) is 0 Å². The first kappa shape index (κ1) is 19.5. The maximum absolute atomic E-state index is 12.4. The molecule has 0 aliphatic heterocycles. The summed E-state index contributed by atoms with van der Waals surface area (Å²) in [5, 5.41) is 10.8. The summed E-state index contributed by atoms with van der Waals surface area (Å²) in [6.45, 7) is 16.3. The van der Waals surface area contributed by atoms with Crippen LogP contribution < -0.4 is 0 Å². The van der Waals surface area contributed by atoms with Gasteiger partial charge in [0.25, 0.3) is 0 Å². The van der Waals surface area contributed by atoms with Gasteiger partial charge in [-0.1, -0.05) is 60.6 Å². The van der Waals surface area contributed by atoms with Gasteiger partial charge in [0.15, 0.2) is 0 Å². The highest BCUT2D eigenvalue weighted by molar-refractivity contribution is 5.83. The molecule has 1 N–H and O–H groups in total. The smallest absolute Gasteiger partial charge is 0.315 e. The first-order valence-electron chi connectivity index (χ1n) is 8.26. The molecule has 1 unspecified atom stereocenters. The molecule has 0 fully saturated rings. The number of phenolic OH excluding ortho intramolecular Hbond substituents is 1.